The Morgan fingerprint density at radius 3 is 2.33 bits per heavy atom. The van der Waals surface area contributed by atoms with Crippen LogP contribution in [0.15, 0.2) is 35.7 Å². The summed E-state index contributed by atoms with van der Waals surface area (Å²) in [6, 6.07) is 8.93. The van der Waals surface area contributed by atoms with Crippen LogP contribution in [-0.4, -0.2) is 57.0 Å². The number of carboxylic acid groups (broad SMARTS) is 2. The lowest BCUT2D eigenvalue weighted by molar-refractivity contribution is -0.384. The third kappa shape index (κ3) is 7.36. The number of nitrogens with one attached hydrogen (secondary N) is 1. The van der Waals surface area contributed by atoms with E-state index in [1.807, 2.05) is 11.3 Å². The van der Waals surface area contributed by atoms with Gasteiger partial charge in [0, 0.05) is 41.2 Å². The number of carbonyl (C=O) groups is 3. The van der Waals surface area contributed by atoms with Gasteiger partial charge in [-0.25, -0.2) is 9.59 Å². The monoisotopic (exact) mass is 477 g/mol. The highest BCUT2D eigenvalue weighted by Crippen LogP contribution is 2.36. The van der Waals surface area contributed by atoms with Crippen molar-refractivity contribution < 1.29 is 29.5 Å². The van der Waals surface area contributed by atoms with Gasteiger partial charge in [0.1, 0.15) is 0 Å². The van der Waals surface area contributed by atoms with Crippen LogP contribution in [0.3, 0.4) is 0 Å². The fourth-order valence-electron chi connectivity index (χ4n) is 3.72. The van der Waals surface area contributed by atoms with Gasteiger partial charge < -0.3 is 15.5 Å². The molecular weight excluding hydrogens is 450 g/mol. The molecule has 11 heteroatoms. The van der Waals surface area contributed by atoms with Crippen LogP contribution in [0.4, 0.5) is 5.69 Å². The third-order valence-electron chi connectivity index (χ3n) is 5.39. The predicted molar refractivity (Wildman–Crippen MR) is 123 cm³/mol. The Kier molecular flexibility index (Phi) is 9.49. The molecule has 0 aliphatic carbocycles. The number of carboxylic acids is 2. The van der Waals surface area contributed by atoms with Crippen molar-refractivity contribution in [1.29, 1.82) is 0 Å². The lowest BCUT2D eigenvalue weighted by atomic mass is 9.96. The van der Waals surface area contributed by atoms with E-state index in [9.17, 15) is 14.9 Å². The van der Waals surface area contributed by atoms with Crippen molar-refractivity contribution in [1.82, 2.24) is 10.2 Å². The number of amides is 1. The molecule has 3 N–H and O–H groups in total. The number of aliphatic carboxylic acids is 2. The Morgan fingerprint density at radius 2 is 1.76 bits per heavy atom. The van der Waals surface area contributed by atoms with E-state index in [4.69, 9.17) is 19.8 Å². The van der Waals surface area contributed by atoms with Gasteiger partial charge in [-0.3, -0.25) is 19.8 Å². The fraction of sp³-hybridized carbons (Fsp3) is 0.409. The molecule has 1 amide bonds. The number of nitro groups is 1. The van der Waals surface area contributed by atoms with Crippen LogP contribution in [0.25, 0.3) is 0 Å². The predicted octanol–water partition coefficient (Wildman–Crippen LogP) is 3.33. The lowest BCUT2D eigenvalue weighted by Crippen LogP contribution is -2.41. The minimum absolute atomic E-state index is 0.00906. The first-order valence-corrected chi connectivity index (χ1v) is 11.3. The zero-order chi connectivity index (χ0) is 24.5. The molecule has 0 bridgehead atoms. The second-order valence-electron chi connectivity index (χ2n) is 7.65. The van der Waals surface area contributed by atoms with Crippen LogP contribution in [0.5, 0.6) is 0 Å². The van der Waals surface area contributed by atoms with Crippen molar-refractivity contribution in [3.8, 4) is 0 Å². The number of benzene rings is 1. The molecule has 33 heavy (non-hydrogen) atoms. The summed E-state index contributed by atoms with van der Waals surface area (Å²) in [5.41, 5.74) is 1.93. The first kappa shape index (κ1) is 25.9. The Labute approximate surface area is 195 Å². The van der Waals surface area contributed by atoms with Gasteiger partial charge in [-0.05, 0) is 68.8 Å². The van der Waals surface area contributed by atoms with E-state index in [2.05, 4.69) is 35.5 Å². The Morgan fingerprint density at radius 1 is 1.12 bits per heavy atom. The Bertz CT molecular complexity index is 978. The maximum absolute atomic E-state index is 12.1. The summed E-state index contributed by atoms with van der Waals surface area (Å²) in [5, 5.41) is 30.5. The van der Waals surface area contributed by atoms with Crippen molar-refractivity contribution in [2.24, 2.45) is 0 Å². The second-order valence-corrected chi connectivity index (χ2v) is 8.60. The molecule has 178 valence electrons. The quantitative estimate of drug-likeness (QED) is 0.238. The summed E-state index contributed by atoms with van der Waals surface area (Å²) in [6.07, 6.45) is 3.04. The molecule has 0 saturated heterocycles. The molecule has 1 aromatic carbocycles. The molecule has 1 aliphatic rings. The van der Waals surface area contributed by atoms with Crippen molar-refractivity contribution >= 4 is 34.9 Å². The van der Waals surface area contributed by atoms with Crippen LogP contribution in [-0.2, 0) is 16.0 Å². The van der Waals surface area contributed by atoms with Crippen LogP contribution in [0, 0.1) is 10.1 Å². The standard InChI is InChI=1S/C20H25N3O3S.C2H2O4/c1-14-13-17-9-12-27-19(17)15(2)22(14)11-4-3-10-21-20(24)16-5-7-18(8-6-16)23(25)26;3-1(4)2(5)6/h5-9,12,14-15H,3-4,10-11,13H2,1-2H3,(H,21,24);(H,3,4)(H,5,6). The zero-order valence-electron chi connectivity index (χ0n) is 18.4. The summed E-state index contributed by atoms with van der Waals surface area (Å²) in [4.78, 5) is 44.5. The average molecular weight is 478 g/mol. The summed E-state index contributed by atoms with van der Waals surface area (Å²) >= 11 is 1.85. The number of hydrogen-bond donors (Lipinski definition) is 3. The van der Waals surface area contributed by atoms with Gasteiger partial charge in [-0.1, -0.05) is 0 Å². The second kappa shape index (κ2) is 12.1. The maximum atomic E-state index is 12.1. The van der Waals surface area contributed by atoms with Crippen LogP contribution in [0.2, 0.25) is 0 Å². The average Bonchev–Trinajstić information content (AvgIpc) is 3.24. The molecule has 1 aromatic heterocycles. The molecule has 1 aliphatic heterocycles. The highest BCUT2D eigenvalue weighted by Gasteiger charge is 2.29. The molecule has 2 heterocycles. The number of nitro benzene ring substituents is 1. The maximum Gasteiger partial charge on any atom is 0.414 e. The van der Waals surface area contributed by atoms with Gasteiger partial charge in [0.05, 0.1) is 4.92 Å². The molecular formula is C22H27N3O7S. The number of nitrogens with zero attached hydrogens (tertiary/aromatic N) is 2. The number of thiophene rings is 1. The van der Waals surface area contributed by atoms with Gasteiger partial charge in [0.25, 0.3) is 11.6 Å². The smallest absolute Gasteiger partial charge is 0.414 e. The van der Waals surface area contributed by atoms with Crippen LogP contribution >= 0.6 is 11.3 Å². The minimum Gasteiger partial charge on any atom is -0.473 e. The van der Waals surface area contributed by atoms with Crippen molar-refractivity contribution in [2.75, 3.05) is 13.1 Å². The normalized spacial score (nSPS) is 17.3. The molecule has 10 nitrogen and oxygen atoms in total. The molecule has 0 saturated carbocycles. The molecule has 0 radical (unpaired) electrons. The SMILES string of the molecule is CC1Cc2ccsc2C(C)N1CCCCNC(=O)c1ccc([N+](=O)[O-])cc1.O=C(O)C(=O)O. The van der Waals surface area contributed by atoms with E-state index in [1.165, 1.54) is 34.7 Å². The van der Waals surface area contributed by atoms with E-state index in [-0.39, 0.29) is 11.6 Å². The fourth-order valence-corrected chi connectivity index (χ4v) is 4.74. The highest BCUT2D eigenvalue weighted by atomic mass is 32.1. The van der Waals surface area contributed by atoms with Crippen molar-refractivity contribution in [3.63, 3.8) is 0 Å². The Balaban J connectivity index is 0.000000569. The van der Waals surface area contributed by atoms with Crippen LogP contribution < -0.4 is 5.32 Å². The summed E-state index contributed by atoms with van der Waals surface area (Å²) < 4.78 is 0. The van der Waals surface area contributed by atoms with Gasteiger partial charge in [-0.2, -0.15) is 0 Å². The Hall–Kier alpha value is -3.31. The molecule has 3 rings (SSSR count). The molecule has 2 unspecified atom stereocenters. The van der Waals surface area contributed by atoms with E-state index >= 15 is 0 Å². The first-order valence-electron chi connectivity index (χ1n) is 10.4. The summed E-state index contributed by atoms with van der Waals surface area (Å²) in [5.74, 6) is -3.84. The van der Waals surface area contributed by atoms with Gasteiger partial charge in [0.15, 0.2) is 0 Å². The summed E-state index contributed by atoms with van der Waals surface area (Å²) in [6.45, 7) is 6.19. The largest absolute Gasteiger partial charge is 0.473 e. The number of rotatable bonds is 7. The number of fused-ring (bicyclic) bond motifs is 1. The van der Waals surface area contributed by atoms with Gasteiger partial charge in [-0.15, -0.1) is 11.3 Å². The molecule has 0 fully saturated rings. The van der Waals surface area contributed by atoms with E-state index in [1.54, 1.807) is 0 Å². The van der Waals surface area contributed by atoms with E-state index < -0.39 is 16.9 Å². The van der Waals surface area contributed by atoms with Gasteiger partial charge in [0.2, 0.25) is 0 Å². The lowest BCUT2D eigenvalue weighted by Gasteiger charge is -2.39. The summed E-state index contributed by atoms with van der Waals surface area (Å²) in [7, 11) is 0. The number of carbonyl (C=O) groups excluding carboxylic acids is 1. The third-order valence-corrected chi connectivity index (χ3v) is 6.52. The molecule has 2 atom stereocenters. The number of unbranched alkanes of at least 4 members (excludes halogenated alkanes) is 1. The first-order chi connectivity index (χ1) is 15.6. The van der Waals surface area contributed by atoms with E-state index in [0.29, 0.717) is 24.2 Å². The highest BCUT2D eigenvalue weighted by molar-refractivity contribution is 7.10. The van der Waals surface area contributed by atoms with Crippen molar-refractivity contribution in [2.45, 2.75) is 45.2 Å². The van der Waals surface area contributed by atoms with Crippen LogP contribution in [0.1, 0.15) is 53.5 Å². The molecule has 0 spiro atoms. The number of non-ortho nitro benzene ring substituents is 1. The number of hydrogen-bond acceptors (Lipinski definition) is 7. The minimum atomic E-state index is -1.82. The zero-order valence-corrected chi connectivity index (χ0v) is 19.2. The molecule has 2 aromatic rings. The van der Waals surface area contributed by atoms with Crippen molar-refractivity contribution in [3.05, 3.63) is 61.8 Å². The van der Waals surface area contributed by atoms with Gasteiger partial charge >= 0.3 is 11.9 Å². The topological polar surface area (TPSA) is 150 Å². The van der Waals surface area contributed by atoms with E-state index in [0.717, 1.165) is 25.8 Å².